The maximum Gasteiger partial charge on any atom is 0.323 e. The van der Waals surface area contributed by atoms with Gasteiger partial charge in [-0.25, -0.2) is 0 Å². The molecule has 0 saturated carbocycles. The zero-order valence-corrected chi connectivity index (χ0v) is 12.8. The molecule has 7 nitrogen and oxygen atoms in total. The first kappa shape index (κ1) is 15.9. The molecule has 8 heteroatoms. The highest BCUT2D eigenvalue weighted by Gasteiger charge is 2.23. The number of carboxylic acids is 1. The van der Waals surface area contributed by atoms with Crippen LogP contribution < -0.4 is 0 Å². The summed E-state index contributed by atoms with van der Waals surface area (Å²) in [5, 5.41) is 20.3. The standard InChI is InChI=1S/C14H14N2O5S/c1-8(2)15(7-13(17)18)14(19)12-6-9-5-10(16(20)21)3-4-11(9)22-12/h3-6,8H,7H2,1-2H3,(H,17,18). The summed E-state index contributed by atoms with van der Waals surface area (Å²) >= 11 is 1.19. The van der Waals surface area contributed by atoms with Gasteiger partial charge in [0.05, 0.1) is 9.80 Å². The number of nitro benzene ring substituents is 1. The van der Waals surface area contributed by atoms with Gasteiger partial charge in [0.25, 0.3) is 11.6 Å². The number of nitro groups is 1. The van der Waals surface area contributed by atoms with Crippen LogP contribution in [0, 0.1) is 10.1 Å². The molecule has 0 aliphatic rings. The fourth-order valence-electron chi connectivity index (χ4n) is 2.03. The van der Waals surface area contributed by atoms with E-state index >= 15 is 0 Å². The number of rotatable bonds is 5. The van der Waals surface area contributed by atoms with Gasteiger partial charge >= 0.3 is 5.97 Å². The van der Waals surface area contributed by atoms with E-state index in [1.54, 1.807) is 26.0 Å². The Morgan fingerprint density at radius 1 is 1.36 bits per heavy atom. The minimum atomic E-state index is -1.08. The van der Waals surface area contributed by atoms with Gasteiger partial charge in [-0.15, -0.1) is 11.3 Å². The lowest BCUT2D eigenvalue weighted by Crippen LogP contribution is -2.40. The van der Waals surface area contributed by atoms with Crippen molar-refractivity contribution in [2.75, 3.05) is 6.54 Å². The Bertz CT molecular complexity index is 753. The number of hydrogen-bond acceptors (Lipinski definition) is 5. The Morgan fingerprint density at radius 3 is 2.59 bits per heavy atom. The zero-order valence-electron chi connectivity index (χ0n) is 12.0. The van der Waals surface area contributed by atoms with Gasteiger partial charge in [-0.1, -0.05) is 0 Å². The van der Waals surface area contributed by atoms with Crippen molar-refractivity contribution in [3.05, 3.63) is 39.3 Å². The number of amides is 1. The third kappa shape index (κ3) is 3.22. The molecule has 1 heterocycles. The molecule has 0 aliphatic carbocycles. The molecule has 0 saturated heterocycles. The summed E-state index contributed by atoms with van der Waals surface area (Å²) in [6, 6.07) is 5.67. The highest BCUT2D eigenvalue weighted by molar-refractivity contribution is 7.20. The lowest BCUT2D eigenvalue weighted by Gasteiger charge is -2.24. The van der Waals surface area contributed by atoms with Gasteiger partial charge in [0.2, 0.25) is 0 Å². The van der Waals surface area contributed by atoms with Gasteiger partial charge < -0.3 is 10.0 Å². The number of thiophene rings is 1. The second kappa shape index (κ2) is 6.10. The molecule has 1 aromatic carbocycles. The van der Waals surface area contributed by atoms with Crippen LogP contribution in [0.1, 0.15) is 23.5 Å². The van der Waals surface area contributed by atoms with E-state index in [9.17, 15) is 19.7 Å². The maximum absolute atomic E-state index is 12.4. The highest BCUT2D eigenvalue weighted by Crippen LogP contribution is 2.30. The molecule has 1 amide bonds. The second-order valence-electron chi connectivity index (χ2n) is 5.01. The third-order valence-corrected chi connectivity index (χ3v) is 4.22. The summed E-state index contributed by atoms with van der Waals surface area (Å²) in [7, 11) is 0. The van der Waals surface area contributed by atoms with Crippen LogP contribution >= 0.6 is 11.3 Å². The molecule has 2 rings (SSSR count). The fraction of sp³-hybridized carbons (Fsp3) is 0.286. The normalized spacial score (nSPS) is 10.9. The molecule has 0 radical (unpaired) electrons. The van der Waals surface area contributed by atoms with Crippen molar-refractivity contribution in [3.63, 3.8) is 0 Å². The Balaban J connectivity index is 2.38. The molecule has 22 heavy (non-hydrogen) atoms. The van der Waals surface area contributed by atoms with Gasteiger partial charge in [0.15, 0.2) is 0 Å². The lowest BCUT2D eigenvalue weighted by molar-refractivity contribution is -0.384. The Morgan fingerprint density at radius 2 is 2.05 bits per heavy atom. The number of carboxylic acid groups (broad SMARTS) is 1. The van der Waals surface area contributed by atoms with E-state index in [-0.39, 0.29) is 24.2 Å². The number of carbonyl (C=O) groups excluding carboxylic acids is 1. The lowest BCUT2D eigenvalue weighted by atomic mass is 10.2. The molecule has 0 fully saturated rings. The molecule has 0 unspecified atom stereocenters. The largest absolute Gasteiger partial charge is 0.480 e. The summed E-state index contributed by atoms with van der Waals surface area (Å²) in [5.41, 5.74) is -0.0458. The molecule has 0 spiro atoms. The smallest absolute Gasteiger partial charge is 0.323 e. The van der Waals surface area contributed by atoms with E-state index in [2.05, 4.69) is 0 Å². The second-order valence-corrected chi connectivity index (χ2v) is 6.09. The molecule has 0 aliphatic heterocycles. The van der Waals surface area contributed by atoms with Crippen LogP contribution in [-0.4, -0.2) is 39.4 Å². The van der Waals surface area contributed by atoms with Crippen molar-refractivity contribution in [3.8, 4) is 0 Å². The number of fused-ring (bicyclic) bond motifs is 1. The number of nitrogens with zero attached hydrogens (tertiary/aromatic N) is 2. The maximum atomic E-state index is 12.4. The monoisotopic (exact) mass is 322 g/mol. The molecule has 116 valence electrons. The third-order valence-electron chi connectivity index (χ3n) is 3.11. The number of non-ortho nitro benzene ring substituents is 1. The molecule has 1 aromatic heterocycles. The Hall–Kier alpha value is -2.48. The Kier molecular flexibility index (Phi) is 4.41. The summed E-state index contributed by atoms with van der Waals surface area (Å²) in [5.74, 6) is -1.47. The van der Waals surface area contributed by atoms with Crippen LogP contribution in [0.4, 0.5) is 5.69 Å². The van der Waals surface area contributed by atoms with Gasteiger partial charge in [-0.3, -0.25) is 19.7 Å². The van der Waals surface area contributed by atoms with Crippen LogP contribution in [0.5, 0.6) is 0 Å². The van der Waals surface area contributed by atoms with Gasteiger partial charge in [0.1, 0.15) is 6.54 Å². The molecule has 1 N–H and O–H groups in total. The first-order valence-electron chi connectivity index (χ1n) is 6.50. The molecular formula is C14H14N2O5S. The minimum Gasteiger partial charge on any atom is -0.480 e. The molecule has 0 bridgehead atoms. The van der Waals surface area contributed by atoms with E-state index in [0.29, 0.717) is 10.3 Å². The topological polar surface area (TPSA) is 101 Å². The summed E-state index contributed by atoms with van der Waals surface area (Å²) in [6.07, 6.45) is 0. The van der Waals surface area contributed by atoms with Gasteiger partial charge in [-0.2, -0.15) is 0 Å². The average Bonchev–Trinajstić information content (AvgIpc) is 2.86. The van der Waals surface area contributed by atoms with Crippen molar-refractivity contribution in [2.45, 2.75) is 19.9 Å². The van der Waals surface area contributed by atoms with Gasteiger partial charge in [-0.05, 0) is 26.0 Å². The van der Waals surface area contributed by atoms with Crippen LogP contribution in [0.25, 0.3) is 10.1 Å². The minimum absolute atomic E-state index is 0.0458. The number of aliphatic carboxylic acids is 1. The van der Waals surface area contributed by atoms with Crippen LogP contribution in [0.15, 0.2) is 24.3 Å². The van der Waals surface area contributed by atoms with Gasteiger partial charge in [0, 0.05) is 28.3 Å². The Labute approximate surface area is 129 Å². The van der Waals surface area contributed by atoms with E-state index in [0.717, 1.165) is 4.70 Å². The summed E-state index contributed by atoms with van der Waals surface area (Å²) < 4.78 is 0.744. The first-order valence-corrected chi connectivity index (χ1v) is 7.32. The first-order chi connectivity index (χ1) is 10.3. The number of benzene rings is 1. The van der Waals surface area contributed by atoms with Crippen molar-refractivity contribution in [1.82, 2.24) is 4.90 Å². The van der Waals surface area contributed by atoms with E-state index in [1.165, 1.54) is 28.4 Å². The average molecular weight is 322 g/mol. The molecular weight excluding hydrogens is 308 g/mol. The van der Waals surface area contributed by atoms with E-state index in [1.807, 2.05) is 0 Å². The summed E-state index contributed by atoms with van der Waals surface area (Å²) in [4.78, 5) is 35.2. The summed E-state index contributed by atoms with van der Waals surface area (Å²) in [6.45, 7) is 3.09. The van der Waals surface area contributed by atoms with Crippen LogP contribution in [0.3, 0.4) is 0 Å². The van der Waals surface area contributed by atoms with Crippen molar-refractivity contribution >= 4 is 39.0 Å². The molecule has 0 atom stereocenters. The zero-order chi connectivity index (χ0) is 16.4. The fourth-order valence-corrected chi connectivity index (χ4v) is 3.03. The quantitative estimate of drug-likeness (QED) is 0.674. The number of carbonyl (C=O) groups is 2. The highest BCUT2D eigenvalue weighted by atomic mass is 32.1. The molecule has 2 aromatic rings. The SMILES string of the molecule is CC(C)N(CC(=O)O)C(=O)c1cc2cc([N+](=O)[O-])ccc2s1. The number of hydrogen-bond donors (Lipinski definition) is 1. The van der Waals surface area contributed by atoms with Crippen molar-refractivity contribution in [2.24, 2.45) is 0 Å². The van der Waals surface area contributed by atoms with E-state index < -0.39 is 10.9 Å². The van der Waals surface area contributed by atoms with Crippen LogP contribution in [-0.2, 0) is 4.79 Å². The predicted octanol–water partition coefficient (Wildman–Crippen LogP) is 2.74. The van der Waals surface area contributed by atoms with E-state index in [4.69, 9.17) is 5.11 Å². The predicted molar refractivity (Wildman–Crippen MR) is 82.3 cm³/mol. The van der Waals surface area contributed by atoms with Crippen molar-refractivity contribution in [1.29, 1.82) is 0 Å². The van der Waals surface area contributed by atoms with Crippen molar-refractivity contribution < 1.29 is 19.6 Å². The van der Waals surface area contributed by atoms with Crippen LogP contribution in [0.2, 0.25) is 0 Å².